The second-order valence-electron chi connectivity index (χ2n) is 5.74. The molecule has 1 atom stereocenters. The van der Waals surface area contributed by atoms with Gasteiger partial charge in [0.25, 0.3) is 0 Å². The lowest BCUT2D eigenvalue weighted by atomic mass is 10.1. The van der Waals surface area contributed by atoms with Crippen LogP contribution < -0.4 is 0 Å². The zero-order valence-corrected chi connectivity index (χ0v) is 14.8. The number of hydrogen-bond acceptors (Lipinski definition) is 3. The number of carbonyl (C=O) groups is 1. The Morgan fingerprint density at radius 2 is 1.83 bits per heavy atom. The molecule has 0 spiro atoms. The quantitative estimate of drug-likeness (QED) is 0.133. The Labute approximate surface area is 146 Å². The van der Waals surface area contributed by atoms with Crippen molar-refractivity contribution in [3.05, 3.63) is 42.2 Å². The summed E-state index contributed by atoms with van der Waals surface area (Å²) in [5, 5.41) is 17.3. The van der Waals surface area contributed by atoms with E-state index in [1.54, 1.807) is 0 Å². The maximum Gasteiger partial charge on any atom is 0.303 e. The maximum absolute atomic E-state index is 10.3. The van der Waals surface area contributed by atoms with Crippen molar-refractivity contribution in [2.45, 2.75) is 77.2 Å². The molecule has 0 rings (SSSR count). The summed E-state index contributed by atoms with van der Waals surface area (Å²) in [6, 6.07) is 0. The van der Waals surface area contributed by atoms with Crippen LogP contribution in [-0.2, 0) is 9.68 Å². The van der Waals surface area contributed by atoms with Gasteiger partial charge in [0.1, 0.15) is 6.10 Å². The number of allylic oxidation sites excluding steroid dienone is 4. The second-order valence-corrected chi connectivity index (χ2v) is 5.74. The van der Waals surface area contributed by atoms with E-state index in [1.807, 2.05) is 30.4 Å². The van der Waals surface area contributed by atoms with Gasteiger partial charge in [-0.15, -0.1) is 5.73 Å². The number of hydrogen-bond donors (Lipinski definition) is 2. The van der Waals surface area contributed by atoms with Gasteiger partial charge in [-0.1, -0.05) is 50.5 Å². The summed E-state index contributed by atoms with van der Waals surface area (Å²) in [6.07, 6.45) is 20.4. The molecule has 136 valence electrons. The van der Waals surface area contributed by atoms with Gasteiger partial charge in [0.15, 0.2) is 0 Å². The monoisotopic (exact) mass is 336 g/mol. The zero-order valence-electron chi connectivity index (χ0n) is 14.8. The van der Waals surface area contributed by atoms with E-state index in [1.165, 1.54) is 0 Å². The number of unbranched alkanes of at least 4 members (excludes halogenated alkanes) is 5. The highest BCUT2D eigenvalue weighted by atomic mass is 17.1. The molecular formula is C20H32O4. The topological polar surface area (TPSA) is 66.8 Å². The van der Waals surface area contributed by atoms with Gasteiger partial charge < -0.3 is 5.11 Å². The van der Waals surface area contributed by atoms with E-state index in [-0.39, 0.29) is 12.5 Å². The first kappa shape index (κ1) is 22.4. The molecule has 0 radical (unpaired) electrons. The lowest BCUT2D eigenvalue weighted by molar-refractivity contribution is -0.267. The summed E-state index contributed by atoms with van der Waals surface area (Å²) in [5.41, 5.74) is 3.08. The normalized spacial score (nSPS) is 12.4. The molecule has 1 unspecified atom stereocenters. The van der Waals surface area contributed by atoms with Gasteiger partial charge in [-0.25, -0.2) is 4.89 Å². The largest absolute Gasteiger partial charge is 0.481 e. The van der Waals surface area contributed by atoms with Gasteiger partial charge >= 0.3 is 5.97 Å². The van der Waals surface area contributed by atoms with Crippen molar-refractivity contribution in [3.63, 3.8) is 0 Å². The number of carboxylic acids is 1. The van der Waals surface area contributed by atoms with Crippen LogP contribution >= 0.6 is 0 Å². The third-order valence-electron chi connectivity index (χ3n) is 3.49. The summed E-state index contributed by atoms with van der Waals surface area (Å²) < 4.78 is 0. The average molecular weight is 336 g/mol. The fraction of sp³-hybridized carbons (Fsp3) is 0.600. The van der Waals surface area contributed by atoms with Gasteiger partial charge in [0, 0.05) is 6.42 Å². The SMILES string of the molecule is CCCCCC(C=CC=CCCCC=C=CCCCC(=O)O)OO. The Morgan fingerprint density at radius 1 is 1.08 bits per heavy atom. The first-order valence-corrected chi connectivity index (χ1v) is 8.95. The van der Waals surface area contributed by atoms with Crippen LogP contribution in [-0.4, -0.2) is 22.4 Å². The Morgan fingerprint density at radius 3 is 2.50 bits per heavy atom. The van der Waals surface area contributed by atoms with E-state index in [9.17, 15) is 4.79 Å². The molecule has 0 aromatic heterocycles. The molecule has 4 heteroatoms. The Balaban J connectivity index is 3.68. The minimum atomic E-state index is -0.744. The van der Waals surface area contributed by atoms with Crippen molar-refractivity contribution in [2.24, 2.45) is 0 Å². The minimum absolute atomic E-state index is 0.213. The molecule has 0 bridgehead atoms. The van der Waals surface area contributed by atoms with Crippen LogP contribution in [0, 0.1) is 0 Å². The summed E-state index contributed by atoms with van der Waals surface area (Å²) in [4.78, 5) is 14.8. The van der Waals surface area contributed by atoms with E-state index < -0.39 is 5.97 Å². The highest BCUT2D eigenvalue weighted by Gasteiger charge is 2.02. The number of rotatable bonds is 15. The van der Waals surface area contributed by atoms with Gasteiger partial charge in [-0.2, -0.15) is 0 Å². The van der Waals surface area contributed by atoms with Crippen LogP contribution in [0.5, 0.6) is 0 Å². The molecule has 0 aliphatic heterocycles. The fourth-order valence-electron chi connectivity index (χ4n) is 2.09. The summed E-state index contributed by atoms with van der Waals surface area (Å²) in [6.45, 7) is 2.15. The van der Waals surface area contributed by atoms with Crippen LogP contribution in [0.2, 0.25) is 0 Å². The van der Waals surface area contributed by atoms with Crippen LogP contribution in [0.25, 0.3) is 0 Å². The second kappa shape index (κ2) is 17.7. The zero-order chi connectivity index (χ0) is 17.9. The molecular weight excluding hydrogens is 304 g/mol. The third-order valence-corrected chi connectivity index (χ3v) is 3.49. The van der Waals surface area contributed by atoms with Gasteiger partial charge in [0.2, 0.25) is 0 Å². The van der Waals surface area contributed by atoms with E-state index in [4.69, 9.17) is 10.4 Å². The van der Waals surface area contributed by atoms with E-state index >= 15 is 0 Å². The summed E-state index contributed by atoms with van der Waals surface area (Å²) in [5.74, 6) is -0.744. The van der Waals surface area contributed by atoms with Crippen LogP contribution in [0.4, 0.5) is 0 Å². The molecule has 2 N–H and O–H groups in total. The molecule has 4 nitrogen and oxygen atoms in total. The smallest absolute Gasteiger partial charge is 0.303 e. The number of aliphatic carboxylic acids is 1. The first-order chi connectivity index (χ1) is 11.7. The lowest BCUT2D eigenvalue weighted by Gasteiger charge is -2.07. The summed E-state index contributed by atoms with van der Waals surface area (Å²) in [7, 11) is 0. The molecule has 0 saturated heterocycles. The average Bonchev–Trinajstić information content (AvgIpc) is 2.57. The fourth-order valence-corrected chi connectivity index (χ4v) is 2.09. The minimum Gasteiger partial charge on any atom is -0.481 e. The van der Waals surface area contributed by atoms with Gasteiger partial charge in [0.05, 0.1) is 0 Å². The molecule has 0 saturated carbocycles. The van der Waals surface area contributed by atoms with Crippen LogP contribution in [0.1, 0.15) is 71.1 Å². The predicted molar refractivity (Wildman–Crippen MR) is 97.9 cm³/mol. The molecule has 0 aliphatic carbocycles. The van der Waals surface area contributed by atoms with Crippen molar-refractivity contribution in [3.8, 4) is 0 Å². The van der Waals surface area contributed by atoms with E-state index in [0.29, 0.717) is 6.42 Å². The van der Waals surface area contributed by atoms with Crippen molar-refractivity contribution < 1.29 is 20.0 Å². The maximum atomic E-state index is 10.3. The highest BCUT2D eigenvalue weighted by Crippen LogP contribution is 2.07. The highest BCUT2D eigenvalue weighted by molar-refractivity contribution is 5.66. The molecule has 0 aromatic carbocycles. The summed E-state index contributed by atoms with van der Waals surface area (Å²) >= 11 is 0. The van der Waals surface area contributed by atoms with Crippen molar-refractivity contribution in [2.75, 3.05) is 0 Å². The molecule has 0 fully saturated rings. The standard InChI is InChI=1S/C20H32O4/c1-2-3-13-16-19(24-23)17-14-11-9-7-5-4-6-8-10-12-15-18-20(21)22/h6,9-11,14,17,19,23H,2-5,7,12-13,15-16,18H2,1H3,(H,21,22). The Hall–Kier alpha value is -1.61. The molecule has 0 aliphatic rings. The van der Waals surface area contributed by atoms with Gasteiger partial charge in [-0.05, 0) is 50.7 Å². The van der Waals surface area contributed by atoms with Crippen LogP contribution in [0.15, 0.2) is 42.2 Å². The van der Waals surface area contributed by atoms with Crippen molar-refractivity contribution >= 4 is 5.97 Å². The van der Waals surface area contributed by atoms with E-state index in [2.05, 4.69) is 23.6 Å². The predicted octanol–water partition coefficient (Wildman–Crippen LogP) is 5.67. The molecule has 0 heterocycles. The first-order valence-electron chi connectivity index (χ1n) is 8.95. The molecule has 0 amide bonds. The Kier molecular flexibility index (Phi) is 16.5. The Bertz CT molecular complexity index is 417. The lowest BCUT2D eigenvalue weighted by Crippen LogP contribution is -2.06. The van der Waals surface area contributed by atoms with Gasteiger partial charge in [-0.3, -0.25) is 10.1 Å². The number of carboxylic acid groups (broad SMARTS) is 1. The third kappa shape index (κ3) is 16.8. The van der Waals surface area contributed by atoms with E-state index in [0.717, 1.165) is 51.4 Å². The molecule has 0 aromatic rings. The van der Waals surface area contributed by atoms with Crippen molar-refractivity contribution in [1.82, 2.24) is 0 Å². The van der Waals surface area contributed by atoms with Crippen LogP contribution in [0.3, 0.4) is 0 Å². The molecule has 24 heavy (non-hydrogen) atoms. The van der Waals surface area contributed by atoms with Crippen molar-refractivity contribution in [1.29, 1.82) is 0 Å².